The Kier molecular flexibility index (Phi) is 2.61. The molecule has 78 valence electrons. The second-order valence-corrected chi connectivity index (χ2v) is 3.20. The Balaban J connectivity index is 2.44. The first kappa shape index (κ1) is 10.0. The lowest BCUT2D eigenvalue weighted by molar-refractivity contribution is 0.599. The molecule has 7 heteroatoms. The van der Waals surface area contributed by atoms with E-state index in [1.165, 1.54) is 17.2 Å². The number of aromatic nitrogens is 4. The molecule has 0 atom stereocenters. The average molecular weight is 228 g/mol. The summed E-state index contributed by atoms with van der Waals surface area (Å²) in [4.78, 5) is 7.67. The molecule has 0 aliphatic heterocycles. The fraction of sp³-hybridized carbons (Fsp3) is 0.125. The van der Waals surface area contributed by atoms with Crippen LogP contribution in [0.25, 0.3) is 5.82 Å². The van der Waals surface area contributed by atoms with Gasteiger partial charge in [-0.05, 0) is 6.07 Å². The third-order valence-electron chi connectivity index (χ3n) is 1.73. The molecule has 2 rings (SSSR count). The summed E-state index contributed by atoms with van der Waals surface area (Å²) in [6.07, 6.45) is 2.69. The van der Waals surface area contributed by atoms with Crippen molar-refractivity contribution in [2.24, 2.45) is 5.73 Å². The van der Waals surface area contributed by atoms with Crippen molar-refractivity contribution in [2.75, 3.05) is 0 Å². The van der Waals surface area contributed by atoms with Crippen LogP contribution in [0.2, 0.25) is 5.02 Å². The van der Waals surface area contributed by atoms with Gasteiger partial charge in [-0.25, -0.2) is 14.4 Å². The van der Waals surface area contributed by atoms with Gasteiger partial charge in [0.15, 0.2) is 17.5 Å². The van der Waals surface area contributed by atoms with E-state index < -0.39 is 5.82 Å². The maximum Gasteiger partial charge on any atom is 0.191 e. The van der Waals surface area contributed by atoms with Crippen LogP contribution in [0.1, 0.15) is 5.82 Å². The van der Waals surface area contributed by atoms with E-state index in [9.17, 15) is 4.39 Å². The number of nitrogens with two attached hydrogens (primary N) is 1. The molecule has 2 N–H and O–H groups in total. The zero-order chi connectivity index (χ0) is 10.8. The molecule has 0 aromatic carbocycles. The van der Waals surface area contributed by atoms with Crippen molar-refractivity contribution in [3.8, 4) is 5.82 Å². The Bertz CT molecular complexity index is 484. The summed E-state index contributed by atoms with van der Waals surface area (Å²) in [7, 11) is 0. The number of halogens is 2. The second kappa shape index (κ2) is 3.92. The minimum Gasteiger partial charge on any atom is -0.324 e. The van der Waals surface area contributed by atoms with E-state index in [1.54, 1.807) is 0 Å². The lowest BCUT2D eigenvalue weighted by atomic mass is 10.4. The second-order valence-electron chi connectivity index (χ2n) is 2.77. The van der Waals surface area contributed by atoms with Gasteiger partial charge in [0.05, 0.1) is 11.6 Å². The zero-order valence-corrected chi connectivity index (χ0v) is 8.32. The maximum atomic E-state index is 13.4. The number of hydrogen-bond acceptors (Lipinski definition) is 4. The molecule has 0 fully saturated rings. The Labute approximate surface area is 89.7 Å². The minimum absolute atomic E-state index is 0.0478. The molecule has 5 nitrogen and oxygen atoms in total. The van der Waals surface area contributed by atoms with Gasteiger partial charge in [-0.3, -0.25) is 0 Å². The highest BCUT2D eigenvalue weighted by molar-refractivity contribution is 6.30. The third-order valence-corrected chi connectivity index (χ3v) is 1.93. The van der Waals surface area contributed by atoms with Gasteiger partial charge in [-0.2, -0.15) is 4.68 Å². The molecule has 0 amide bonds. The normalized spacial score (nSPS) is 10.6. The minimum atomic E-state index is -0.559. The molecule has 0 spiro atoms. The van der Waals surface area contributed by atoms with Gasteiger partial charge in [0, 0.05) is 6.20 Å². The molecule has 2 aromatic rings. The number of hydrogen-bond donors (Lipinski definition) is 1. The molecular formula is C8H7ClFN5. The van der Waals surface area contributed by atoms with Crippen LogP contribution in [0.5, 0.6) is 0 Å². The largest absolute Gasteiger partial charge is 0.324 e. The summed E-state index contributed by atoms with van der Waals surface area (Å²) in [5.41, 5.74) is 5.33. The van der Waals surface area contributed by atoms with Crippen LogP contribution in [0, 0.1) is 5.82 Å². The highest BCUT2D eigenvalue weighted by Gasteiger charge is 2.08. The monoisotopic (exact) mass is 227 g/mol. The fourth-order valence-corrected chi connectivity index (χ4v) is 1.21. The topological polar surface area (TPSA) is 69.6 Å². The van der Waals surface area contributed by atoms with E-state index >= 15 is 0 Å². The summed E-state index contributed by atoms with van der Waals surface area (Å²) in [6.45, 7) is 0.197. The van der Waals surface area contributed by atoms with Crippen LogP contribution in [-0.2, 0) is 6.54 Å². The highest BCUT2D eigenvalue weighted by Crippen LogP contribution is 2.14. The van der Waals surface area contributed by atoms with Gasteiger partial charge in [-0.1, -0.05) is 11.6 Å². The summed E-state index contributed by atoms with van der Waals surface area (Å²) >= 11 is 5.57. The van der Waals surface area contributed by atoms with Crippen molar-refractivity contribution in [1.82, 2.24) is 19.7 Å². The van der Waals surface area contributed by atoms with Crippen molar-refractivity contribution in [1.29, 1.82) is 0 Å². The molecule has 0 unspecified atom stereocenters. The van der Waals surface area contributed by atoms with Gasteiger partial charge in [0.1, 0.15) is 6.33 Å². The van der Waals surface area contributed by atoms with E-state index in [0.717, 1.165) is 6.07 Å². The molecule has 2 aromatic heterocycles. The van der Waals surface area contributed by atoms with E-state index in [1.807, 2.05) is 0 Å². The highest BCUT2D eigenvalue weighted by atomic mass is 35.5. The van der Waals surface area contributed by atoms with Gasteiger partial charge in [-0.15, -0.1) is 5.10 Å². The Morgan fingerprint density at radius 3 is 2.87 bits per heavy atom. The number of pyridine rings is 1. The molecule has 0 bridgehead atoms. The standard InChI is InChI=1S/C8H7ClFN5/c9-5-1-6(10)8(12-3-5)15-4-13-7(2-11)14-15/h1,3-4H,2,11H2. The first-order valence-corrected chi connectivity index (χ1v) is 4.50. The van der Waals surface area contributed by atoms with Crippen molar-refractivity contribution >= 4 is 11.6 Å². The molecule has 0 aliphatic carbocycles. The number of rotatable bonds is 2. The van der Waals surface area contributed by atoms with Crippen molar-refractivity contribution in [3.63, 3.8) is 0 Å². The van der Waals surface area contributed by atoms with Gasteiger partial charge in [0.2, 0.25) is 0 Å². The van der Waals surface area contributed by atoms with Crippen LogP contribution in [0.3, 0.4) is 0 Å². The van der Waals surface area contributed by atoms with Crippen LogP contribution in [-0.4, -0.2) is 19.7 Å². The fourth-order valence-electron chi connectivity index (χ4n) is 1.07. The molecular weight excluding hydrogens is 221 g/mol. The third kappa shape index (κ3) is 1.95. The molecule has 0 aliphatic rings. The molecule has 0 saturated carbocycles. The van der Waals surface area contributed by atoms with Gasteiger partial charge < -0.3 is 5.73 Å². The van der Waals surface area contributed by atoms with Crippen LogP contribution >= 0.6 is 11.6 Å². The lowest BCUT2D eigenvalue weighted by Gasteiger charge is -2.00. The van der Waals surface area contributed by atoms with Gasteiger partial charge in [0.25, 0.3) is 0 Å². The smallest absolute Gasteiger partial charge is 0.191 e. The van der Waals surface area contributed by atoms with Crippen molar-refractivity contribution in [3.05, 3.63) is 35.3 Å². The van der Waals surface area contributed by atoms with Crippen LogP contribution in [0.4, 0.5) is 4.39 Å². The quantitative estimate of drug-likeness (QED) is 0.828. The molecule has 15 heavy (non-hydrogen) atoms. The van der Waals surface area contributed by atoms with Crippen molar-refractivity contribution in [2.45, 2.75) is 6.54 Å². The molecule has 2 heterocycles. The van der Waals surface area contributed by atoms with Crippen LogP contribution in [0.15, 0.2) is 18.6 Å². The first-order valence-electron chi connectivity index (χ1n) is 4.12. The average Bonchev–Trinajstić information content (AvgIpc) is 2.66. The van der Waals surface area contributed by atoms with Crippen molar-refractivity contribution < 1.29 is 4.39 Å². The predicted molar refractivity (Wildman–Crippen MR) is 52.0 cm³/mol. The molecule has 0 radical (unpaired) electrons. The summed E-state index contributed by atoms with van der Waals surface area (Å²) < 4.78 is 14.6. The van der Waals surface area contributed by atoms with Crippen LogP contribution < -0.4 is 5.73 Å². The Morgan fingerprint density at radius 1 is 1.47 bits per heavy atom. The lowest BCUT2D eigenvalue weighted by Crippen LogP contribution is -2.04. The van der Waals surface area contributed by atoms with E-state index in [0.29, 0.717) is 5.82 Å². The van der Waals surface area contributed by atoms with E-state index in [2.05, 4.69) is 15.1 Å². The summed E-state index contributed by atoms with van der Waals surface area (Å²) in [5, 5.41) is 4.16. The SMILES string of the molecule is NCc1ncn(-c2ncc(Cl)cc2F)n1. The maximum absolute atomic E-state index is 13.4. The number of nitrogens with zero attached hydrogens (tertiary/aromatic N) is 4. The Morgan fingerprint density at radius 2 is 2.27 bits per heavy atom. The predicted octanol–water partition coefficient (Wildman–Crippen LogP) is 0.913. The van der Waals surface area contributed by atoms with Gasteiger partial charge >= 0.3 is 0 Å². The molecule has 0 saturated heterocycles. The summed E-state index contributed by atoms with van der Waals surface area (Å²) in [5.74, 6) is -0.0891. The first-order chi connectivity index (χ1) is 7.20. The zero-order valence-electron chi connectivity index (χ0n) is 7.56. The Hall–Kier alpha value is -1.53. The summed E-state index contributed by atoms with van der Waals surface area (Å²) in [6, 6.07) is 1.16. The van der Waals surface area contributed by atoms with E-state index in [4.69, 9.17) is 17.3 Å². The van der Waals surface area contributed by atoms with E-state index in [-0.39, 0.29) is 17.4 Å².